The summed E-state index contributed by atoms with van der Waals surface area (Å²) in [6, 6.07) is 15.4. The van der Waals surface area contributed by atoms with E-state index in [0.717, 1.165) is 22.5 Å². The van der Waals surface area contributed by atoms with Crippen molar-refractivity contribution < 1.29 is 14.3 Å². The molecule has 158 valence electrons. The Bertz CT molecular complexity index is 1010. The van der Waals surface area contributed by atoms with Gasteiger partial charge < -0.3 is 14.8 Å². The van der Waals surface area contributed by atoms with Crippen LogP contribution in [0.4, 0.5) is 0 Å². The molecule has 0 saturated heterocycles. The van der Waals surface area contributed by atoms with Gasteiger partial charge >= 0.3 is 0 Å². The lowest BCUT2D eigenvalue weighted by Crippen LogP contribution is -2.22. The highest BCUT2D eigenvalue weighted by Crippen LogP contribution is 2.29. The van der Waals surface area contributed by atoms with Crippen LogP contribution in [0.3, 0.4) is 0 Å². The van der Waals surface area contributed by atoms with Gasteiger partial charge in [-0.15, -0.1) is 0 Å². The van der Waals surface area contributed by atoms with E-state index in [4.69, 9.17) is 9.47 Å². The number of carbonyl (C=O) groups excluding carboxylic acids is 1. The Morgan fingerprint density at radius 2 is 1.73 bits per heavy atom. The molecular formula is C24H29N3O3. The Morgan fingerprint density at radius 3 is 2.33 bits per heavy atom. The highest BCUT2D eigenvalue weighted by Gasteiger charge is 2.10. The zero-order chi connectivity index (χ0) is 21.7. The fraction of sp³-hybridized carbons (Fsp3) is 0.333. The summed E-state index contributed by atoms with van der Waals surface area (Å²) in [6.07, 6.45) is 0.0636. The van der Waals surface area contributed by atoms with Crippen LogP contribution in [-0.2, 0) is 13.1 Å². The van der Waals surface area contributed by atoms with Crippen molar-refractivity contribution in [3.05, 3.63) is 76.6 Å². The smallest absolute Gasteiger partial charge is 0.251 e. The number of benzene rings is 2. The summed E-state index contributed by atoms with van der Waals surface area (Å²) >= 11 is 0. The summed E-state index contributed by atoms with van der Waals surface area (Å²) in [5, 5.41) is 7.44. The molecule has 0 atom stereocenters. The Morgan fingerprint density at radius 1 is 1.03 bits per heavy atom. The van der Waals surface area contributed by atoms with Crippen LogP contribution in [0, 0.1) is 13.8 Å². The number of nitrogens with one attached hydrogen (secondary N) is 1. The van der Waals surface area contributed by atoms with Crippen LogP contribution in [0.25, 0.3) is 0 Å². The number of amides is 1. The molecule has 0 aliphatic heterocycles. The monoisotopic (exact) mass is 407 g/mol. The number of rotatable bonds is 8. The summed E-state index contributed by atoms with van der Waals surface area (Å²) in [7, 11) is 1.61. The molecule has 1 N–H and O–H groups in total. The first kappa shape index (κ1) is 21.4. The standard InChI is InChI=1S/C24H29N3O3/c1-16(2)30-22-11-8-20(13-23(22)29-5)14-25-24(28)21-9-6-19(7-10-21)15-27-18(4)12-17(3)26-27/h6-13,16H,14-15H2,1-5H3,(H,25,28). The minimum absolute atomic E-state index is 0.0636. The molecule has 6 heteroatoms. The van der Waals surface area contributed by atoms with E-state index in [0.29, 0.717) is 30.2 Å². The van der Waals surface area contributed by atoms with Crippen LogP contribution in [0.15, 0.2) is 48.5 Å². The average molecular weight is 408 g/mol. The Hall–Kier alpha value is -3.28. The van der Waals surface area contributed by atoms with E-state index in [1.165, 1.54) is 0 Å². The maximum Gasteiger partial charge on any atom is 0.251 e. The van der Waals surface area contributed by atoms with Crippen molar-refractivity contribution in [1.82, 2.24) is 15.1 Å². The predicted octanol–water partition coefficient (Wildman–Crippen LogP) is 4.27. The third kappa shape index (κ3) is 5.41. The van der Waals surface area contributed by atoms with Gasteiger partial charge in [-0.1, -0.05) is 18.2 Å². The number of aromatic nitrogens is 2. The van der Waals surface area contributed by atoms with Crippen LogP contribution in [-0.4, -0.2) is 28.9 Å². The lowest BCUT2D eigenvalue weighted by molar-refractivity contribution is 0.0951. The second-order valence-electron chi connectivity index (χ2n) is 7.62. The van der Waals surface area contributed by atoms with Crippen LogP contribution in [0.2, 0.25) is 0 Å². The van der Waals surface area contributed by atoms with Crippen molar-refractivity contribution in [1.29, 1.82) is 0 Å². The molecule has 0 saturated carbocycles. The van der Waals surface area contributed by atoms with Crippen molar-refractivity contribution in [3.63, 3.8) is 0 Å². The first-order chi connectivity index (χ1) is 14.4. The van der Waals surface area contributed by atoms with Gasteiger partial charge in [-0.25, -0.2) is 0 Å². The molecule has 6 nitrogen and oxygen atoms in total. The van der Waals surface area contributed by atoms with Crippen LogP contribution in [0.1, 0.15) is 46.7 Å². The number of ether oxygens (including phenoxy) is 2. The number of hydrogen-bond acceptors (Lipinski definition) is 4. The van der Waals surface area contributed by atoms with Crippen LogP contribution >= 0.6 is 0 Å². The van der Waals surface area contributed by atoms with Gasteiger partial charge in [-0.2, -0.15) is 5.10 Å². The molecule has 0 fully saturated rings. The van der Waals surface area contributed by atoms with Crippen molar-refractivity contribution in [3.8, 4) is 11.5 Å². The number of nitrogens with zero attached hydrogens (tertiary/aromatic N) is 2. The normalized spacial score (nSPS) is 10.9. The van der Waals surface area contributed by atoms with E-state index >= 15 is 0 Å². The van der Waals surface area contributed by atoms with E-state index in [1.54, 1.807) is 7.11 Å². The molecular weight excluding hydrogens is 378 g/mol. The zero-order valence-corrected chi connectivity index (χ0v) is 18.2. The van der Waals surface area contributed by atoms with Crippen molar-refractivity contribution in [2.24, 2.45) is 0 Å². The van der Waals surface area contributed by atoms with Gasteiger partial charge in [0.25, 0.3) is 5.91 Å². The molecule has 2 aromatic carbocycles. The summed E-state index contributed by atoms with van der Waals surface area (Å²) in [5.74, 6) is 1.24. The molecule has 1 aromatic heterocycles. The summed E-state index contributed by atoms with van der Waals surface area (Å²) in [4.78, 5) is 12.5. The molecule has 0 unspecified atom stereocenters. The van der Waals surface area contributed by atoms with Gasteiger partial charge in [0.1, 0.15) is 0 Å². The highest BCUT2D eigenvalue weighted by molar-refractivity contribution is 5.94. The minimum Gasteiger partial charge on any atom is -0.493 e. The SMILES string of the molecule is COc1cc(CNC(=O)c2ccc(Cn3nc(C)cc3C)cc2)ccc1OC(C)C. The molecule has 0 aliphatic carbocycles. The van der Waals surface area contributed by atoms with E-state index in [-0.39, 0.29) is 12.0 Å². The number of methoxy groups -OCH3 is 1. The van der Waals surface area contributed by atoms with E-state index in [2.05, 4.69) is 16.5 Å². The van der Waals surface area contributed by atoms with E-state index < -0.39 is 0 Å². The average Bonchev–Trinajstić information content (AvgIpc) is 3.03. The van der Waals surface area contributed by atoms with Gasteiger partial charge in [0, 0.05) is 17.8 Å². The molecule has 1 amide bonds. The molecule has 0 aliphatic rings. The fourth-order valence-electron chi connectivity index (χ4n) is 3.23. The minimum atomic E-state index is -0.117. The molecule has 0 radical (unpaired) electrons. The van der Waals surface area contributed by atoms with Crippen molar-refractivity contribution >= 4 is 5.91 Å². The Balaban J connectivity index is 1.60. The van der Waals surface area contributed by atoms with Gasteiger partial charge in [0.05, 0.1) is 25.5 Å². The maximum atomic E-state index is 12.5. The third-order valence-corrected chi connectivity index (χ3v) is 4.70. The maximum absolute atomic E-state index is 12.5. The van der Waals surface area contributed by atoms with Crippen LogP contribution < -0.4 is 14.8 Å². The van der Waals surface area contributed by atoms with E-state index in [1.807, 2.05) is 74.8 Å². The Kier molecular flexibility index (Phi) is 6.77. The van der Waals surface area contributed by atoms with Crippen LogP contribution in [0.5, 0.6) is 11.5 Å². The van der Waals surface area contributed by atoms with Gasteiger partial charge in [-0.3, -0.25) is 9.48 Å². The lowest BCUT2D eigenvalue weighted by Gasteiger charge is -2.15. The molecule has 0 spiro atoms. The van der Waals surface area contributed by atoms with Gasteiger partial charge in [0.15, 0.2) is 11.5 Å². The summed E-state index contributed by atoms with van der Waals surface area (Å²) in [6.45, 7) is 9.05. The molecule has 1 heterocycles. The molecule has 0 bridgehead atoms. The number of aryl methyl sites for hydroxylation is 2. The largest absolute Gasteiger partial charge is 0.493 e. The lowest BCUT2D eigenvalue weighted by atomic mass is 10.1. The first-order valence-corrected chi connectivity index (χ1v) is 10.1. The first-order valence-electron chi connectivity index (χ1n) is 10.1. The van der Waals surface area contributed by atoms with Crippen molar-refractivity contribution in [2.45, 2.75) is 46.9 Å². The van der Waals surface area contributed by atoms with E-state index in [9.17, 15) is 4.79 Å². The molecule has 3 rings (SSSR count). The quantitative estimate of drug-likeness (QED) is 0.605. The second kappa shape index (κ2) is 9.48. The molecule has 3 aromatic rings. The second-order valence-corrected chi connectivity index (χ2v) is 7.62. The molecule has 30 heavy (non-hydrogen) atoms. The van der Waals surface area contributed by atoms with Gasteiger partial charge in [-0.05, 0) is 69.2 Å². The predicted molar refractivity (Wildman–Crippen MR) is 117 cm³/mol. The third-order valence-electron chi connectivity index (χ3n) is 4.70. The number of hydrogen-bond donors (Lipinski definition) is 1. The topological polar surface area (TPSA) is 65.4 Å². The zero-order valence-electron chi connectivity index (χ0n) is 18.2. The van der Waals surface area contributed by atoms with Crippen molar-refractivity contribution in [2.75, 3.05) is 7.11 Å². The summed E-state index contributed by atoms with van der Waals surface area (Å²) < 4.78 is 13.1. The fourth-order valence-corrected chi connectivity index (χ4v) is 3.23. The van der Waals surface area contributed by atoms with Gasteiger partial charge in [0.2, 0.25) is 0 Å². The highest BCUT2D eigenvalue weighted by atomic mass is 16.5. The summed E-state index contributed by atoms with van der Waals surface area (Å²) in [5.41, 5.74) is 4.79. The number of carbonyl (C=O) groups is 1. The Labute approximate surface area is 177 Å².